The average Bonchev–Trinajstić information content (AvgIpc) is 2.62. The standard InChI is InChI=1S/C18H20ClN3O5/c1-21(8-9-27-15-5-3-4-14(11-15)22(24)25)12-18(23)20-16-10-13(19)6-7-17(16)26-2/h3-7,10-11H,8-9,12H2,1-2H3,(H,20,23). The van der Waals surface area contributed by atoms with Crippen molar-refractivity contribution in [3.05, 3.63) is 57.6 Å². The Morgan fingerprint density at radius 3 is 2.78 bits per heavy atom. The minimum Gasteiger partial charge on any atom is -0.495 e. The number of methoxy groups -OCH3 is 1. The van der Waals surface area contributed by atoms with Crippen molar-refractivity contribution in [2.24, 2.45) is 0 Å². The number of nitro benzene ring substituents is 1. The monoisotopic (exact) mass is 393 g/mol. The first-order chi connectivity index (χ1) is 12.9. The van der Waals surface area contributed by atoms with Gasteiger partial charge in [0.25, 0.3) is 5.69 Å². The molecule has 0 fully saturated rings. The van der Waals surface area contributed by atoms with Crippen LogP contribution in [0.5, 0.6) is 11.5 Å². The number of ether oxygens (including phenoxy) is 2. The molecule has 8 nitrogen and oxygen atoms in total. The highest BCUT2D eigenvalue weighted by Gasteiger charge is 2.11. The molecule has 9 heteroatoms. The van der Waals surface area contributed by atoms with Gasteiger partial charge < -0.3 is 14.8 Å². The number of carbonyl (C=O) groups is 1. The number of nitrogens with one attached hydrogen (secondary N) is 1. The molecule has 2 rings (SSSR count). The number of non-ortho nitro benzene ring substituents is 1. The zero-order chi connectivity index (χ0) is 19.8. The summed E-state index contributed by atoms with van der Waals surface area (Å²) in [6.45, 7) is 0.877. The summed E-state index contributed by atoms with van der Waals surface area (Å²) in [6.07, 6.45) is 0. The lowest BCUT2D eigenvalue weighted by molar-refractivity contribution is -0.384. The zero-order valence-corrected chi connectivity index (χ0v) is 15.7. The van der Waals surface area contributed by atoms with Gasteiger partial charge in [0.15, 0.2) is 0 Å². The van der Waals surface area contributed by atoms with Crippen LogP contribution >= 0.6 is 11.6 Å². The van der Waals surface area contributed by atoms with Gasteiger partial charge in [-0.3, -0.25) is 19.8 Å². The first-order valence-corrected chi connectivity index (χ1v) is 8.46. The van der Waals surface area contributed by atoms with Crippen LogP contribution in [0.25, 0.3) is 0 Å². The number of hydrogen-bond donors (Lipinski definition) is 1. The second-order valence-corrected chi connectivity index (χ2v) is 6.17. The summed E-state index contributed by atoms with van der Waals surface area (Å²) in [4.78, 5) is 24.2. The van der Waals surface area contributed by atoms with Crippen molar-refractivity contribution in [1.29, 1.82) is 0 Å². The molecule has 0 aromatic heterocycles. The minimum absolute atomic E-state index is 0.0318. The lowest BCUT2D eigenvalue weighted by atomic mass is 10.3. The molecule has 0 atom stereocenters. The van der Waals surface area contributed by atoms with Gasteiger partial charge >= 0.3 is 0 Å². The lowest BCUT2D eigenvalue weighted by Gasteiger charge is -2.17. The highest BCUT2D eigenvalue weighted by Crippen LogP contribution is 2.27. The van der Waals surface area contributed by atoms with Crippen molar-refractivity contribution >= 4 is 28.9 Å². The van der Waals surface area contributed by atoms with Crippen LogP contribution in [0.4, 0.5) is 11.4 Å². The Bertz CT molecular complexity index is 815. The van der Waals surface area contributed by atoms with Gasteiger partial charge in [0.05, 0.1) is 30.3 Å². The first-order valence-electron chi connectivity index (χ1n) is 8.08. The Balaban J connectivity index is 1.81. The van der Waals surface area contributed by atoms with E-state index in [-0.39, 0.29) is 24.7 Å². The van der Waals surface area contributed by atoms with Gasteiger partial charge in [-0.1, -0.05) is 17.7 Å². The fourth-order valence-corrected chi connectivity index (χ4v) is 2.47. The molecule has 144 valence electrons. The molecule has 0 bridgehead atoms. The highest BCUT2D eigenvalue weighted by atomic mass is 35.5. The third-order valence-corrected chi connectivity index (χ3v) is 3.85. The normalized spacial score (nSPS) is 10.5. The Hall–Kier alpha value is -2.84. The number of carbonyl (C=O) groups excluding carboxylic acids is 1. The number of nitrogens with zero attached hydrogens (tertiary/aromatic N) is 2. The van der Waals surface area contributed by atoms with Crippen molar-refractivity contribution in [2.45, 2.75) is 0 Å². The summed E-state index contributed by atoms with van der Waals surface area (Å²) < 4.78 is 10.7. The number of hydrogen-bond acceptors (Lipinski definition) is 6. The van der Waals surface area contributed by atoms with Crippen molar-refractivity contribution in [3.63, 3.8) is 0 Å². The largest absolute Gasteiger partial charge is 0.495 e. The molecule has 0 unspecified atom stereocenters. The molecule has 0 aliphatic carbocycles. The van der Waals surface area contributed by atoms with E-state index < -0.39 is 4.92 Å². The summed E-state index contributed by atoms with van der Waals surface area (Å²) >= 11 is 5.94. The fraction of sp³-hybridized carbons (Fsp3) is 0.278. The van der Waals surface area contributed by atoms with Gasteiger partial charge in [-0.25, -0.2) is 0 Å². The molecule has 27 heavy (non-hydrogen) atoms. The summed E-state index contributed by atoms with van der Waals surface area (Å²) in [5.41, 5.74) is 0.465. The fourth-order valence-electron chi connectivity index (χ4n) is 2.30. The van der Waals surface area contributed by atoms with Gasteiger partial charge in [0, 0.05) is 17.6 Å². The average molecular weight is 394 g/mol. The molecule has 0 saturated carbocycles. The number of anilines is 1. The number of amides is 1. The van der Waals surface area contributed by atoms with E-state index in [0.717, 1.165) is 0 Å². The van der Waals surface area contributed by atoms with E-state index in [0.29, 0.717) is 28.8 Å². The molecule has 0 aliphatic rings. The maximum atomic E-state index is 12.2. The lowest BCUT2D eigenvalue weighted by Crippen LogP contribution is -2.33. The van der Waals surface area contributed by atoms with Gasteiger partial charge in [0.1, 0.15) is 18.1 Å². The summed E-state index contributed by atoms with van der Waals surface area (Å²) in [5, 5.41) is 14.0. The number of halogens is 1. The second-order valence-electron chi connectivity index (χ2n) is 5.73. The van der Waals surface area contributed by atoms with Crippen LogP contribution in [-0.4, -0.2) is 49.6 Å². The van der Waals surface area contributed by atoms with Crippen LogP contribution in [0.1, 0.15) is 0 Å². The maximum absolute atomic E-state index is 12.2. The molecule has 0 spiro atoms. The van der Waals surface area contributed by atoms with Gasteiger partial charge in [-0.15, -0.1) is 0 Å². The van der Waals surface area contributed by atoms with E-state index >= 15 is 0 Å². The van der Waals surface area contributed by atoms with Gasteiger partial charge in [0.2, 0.25) is 5.91 Å². The van der Waals surface area contributed by atoms with Crippen LogP contribution in [0, 0.1) is 10.1 Å². The van der Waals surface area contributed by atoms with Crippen molar-refractivity contribution < 1.29 is 19.2 Å². The number of benzene rings is 2. The second kappa shape index (κ2) is 9.75. The smallest absolute Gasteiger partial charge is 0.273 e. The third kappa shape index (κ3) is 6.43. The molecular weight excluding hydrogens is 374 g/mol. The molecular formula is C18H20ClN3O5. The maximum Gasteiger partial charge on any atom is 0.273 e. The topological polar surface area (TPSA) is 93.9 Å². The van der Waals surface area contributed by atoms with Gasteiger partial charge in [-0.05, 0) is 31.3 Å². The minimum atomic E-state index is -0.479. The van der Waals surface area contributed by atoms with Crippen LogP contribution < -0.4 is 14.8 Å². The van der Waals surface area contributed by atoms with E-state index in [1.165, 1.54) is 19.2 Å². The van der Waals surface area contributed by atoms with Crippen LogP contribution in [0.3, 0.4) is 0 Å². The van der Waals surface area contributed by atoms with Crippen LogP contribution in [0.15, 0.2) is 42.5 Å². The number of nitro groups is 1. The Labute approximate surface area is 161 Å². The van der Waals surface area contributed by atoms with E-state index in [1.807, 2.05) is 0 Å². The SMILES string of the molecule is COc1ccc(Cl)cc1NC(=O)CN(C)CCOc1cccc([N+](=O)[O-])c1. The van der Waals surface area contributed by atoms with E-state index in [1.54, 1.807) is 42.3 Å². The molecule has 0 heterocycles. The quantitative estimate of drug-likeness (QED) is 0.519. The van der Waals surface area contributed by atoms with Crippen molar-refractivity contribution in [1.82, 2.24) is 4.90 Å². The van der Waals surface area contributed by atoms with E-state index in [9.17, 15) is 14.9 Å². The third-order valence-electron chi connectivity index (χ3n) is 3.62. The van der Waals surface area contributed by atoms with E-state index in [4.69, 9.17) is 21.1 Å². The Kier molecular flexibility index (Phi) is 7.39. The molecule has 2 aromatic rings. The van der Waals surface area contributed by atoms with E-state index in [2.05, 4.69) is 5.32 Å². The number of likely N-dealkylation sites (N-methyl/N-ethyl adjacent to an activating group) is 1. The predicted octanol–water partition coefficient (Wildman–Crippen LogP) is 3.21. The van der Waals surface area contributed by atoms with Gasteiger partial charge in [-0.2, -0.15) is 0 Å². The molecule has 1 N–H and O–H groups in total. The van der Waals surface area contributed by atoms with Crippen molar-refractivity contribution in [3.8, 4) is 11.5 Å². The summed E-state index contributed by atoms with van der Waals surface area (Å²) in [6, 6.07) is 10.9. The Morgan fingerprint density at radius 2 is 2.07 bits per heavy atom. The highest BCUT2D eigenvalue weighted by molar-refractivity contribution is 6.31. The number of rotatable bonds is 9. The zero-order valence-electron chi connectivity index (χ0n) is 15.0. The Morgan fingerprint density at radius 1 is 1.30 bits per heavy atom. The van der Waals surface area contributed by atoms with Crippen molar-refractivity contribution in [2.75, 3.05) is 39.2 Å². The van der Waals surface area contributed by atoms with Crippen LogP contribution in [0.2, 0.25) is 5.02 Å². The molecule has 0 saturated heterocycles. The molecule has 1 amide bonds. The first kappa shape index (κ1) is 20.5. The summed E-state index contributed by atoms with van der Waals surface area (Å²) in [5.74, 6) is 0.698. The molecule has 0 radical (unpaired) electrons. The predicted molar refractivity (Wildman–Crippen MR) is 103 cm³/mol. The summed E-state index contributed by atoms with van der Waals surface area (Å²) in [7, 11) is 3.28. The molecule has 2 aromatic carbocycles. The molecule has 0 aliphatic heterocycles. The van der Waals surface area contributed by atoms with Crippen LogP contribution in [-0.2, 0) is 4.79 Å².